The van der Waals surface area contributed by atoms with Gasteiger partial charge in [0.15, 0.2) is 0 Å². The second-order valence-corrected chi connectivity index (χ2v) is 6.18. The summed E-state index contributed by atoms with van der Waals surface area (Å²) in [6.45, 7) is 0. The van der Waals surface area contributed by atoms with Gasteiger partial charge in [-0.2, -0.15) is 0 Å². The van der Waals surface area contributed by atoms with Crippen LogP contribution in [0, 0.1) is 17.8 Å². The molecule has 1 N–H and O–H groups in total. The van der Waals surface area contributed by atoms with Gasteiger partial charge < -0.3 is 9.84 Å². The molecule has 1 aromatic carbocycles. The number of aliphatic hydroxyl groups is 1. The lowest BCUT2D eigenvalue weighted by Crippen LogP contribution is -2.11. The van der Waals surface area contributed by atoms with E-state index in [0.29, 0.717) is 5.92 Å². The average molecular weight is 297 g/mol. The third-order valence-corrected chi connectivity index (χ3v) is 4.86. The van der Waals surface area contributed by atoms with E-state index in [-0.39, 0.29) is 6.10 Å². The number of aliphatic hydroxyl groups excluding tert-OH is 1. The molecule has 3 atom stereocenters. The molecular formula is C14H17BrO2. The van der Waals surface area contributed by atoms with Crippen LogP contribution in [-0.4, -0.2) is 12.2 Å². The van der Waals surface area contributed by atoms with Crippen LogP contribution in [0.2, 0.25) is 0 Å². The fourth-order valence-electron chi connectivity index (χ4n) is 3.16. The van der Waals surface area contributed by atoms with Crippen LogP contribution in [0.15, 0.2) is 22.7 Å². The summed E-state index contributed by atoms with van der Waals surface area (Å²) in [6.07, 6.45) is 3.49. The summed E-state index contributed by atoms with van der Waals surface area (Å²) >= 11 is 3.47. The Morgan fingerprint density at radius 1 is 1.29 bits per heavy atom. The predicted octanol–water partition coefficient (Wildman–Crippen LogP) is 3.54. The molecule has 0 radical (unpaired) electrons. The van der Waals surface area contributed by atoms with Crippen molar-refractivity contribution in [3.05, 3.63) is 28.2 Å². The summed E-state index contributed by atoms with van der Waals surface area (Å²) in [5.41, 5.74) is 1.00. The van der Waals surface area contributed by atoms with Crippen molar-refractivity contribution in [3.63, 3.8) is 0 Å². The summed E-state index contributed by atoms with van der Waals surface area (Å²) in [6, 6.07) is 5.87. The molecule has 0 aliphatic heterocycles. The molecule has 0 spiro atoms. The lowest BCUT2D eigenvalue weighted by atomic mass is 9.91. The van der Waals surface area contributed by atoms with Crippen molar-refractivity contribution in [2.45, 2.75) is 25.4 Å². The summed E-state index contributed by atoms with van der Waals surface area (Å²) in [4.78, 5) is 0. The van der Waals surface area contributed by atoms with Crippen LogP contribution in [0.25, 0.3) is 0 Å². The van der Waals surface area contributed by atoms with E-state index >= 15 is 0 Å². The van der Waals surface area contributed by atoms with E-state index in [4.69, 9.17) is 4.74 Å². The first kappa shape index (κ1) is 11.5. The fourth-order valence-corrected chi connectivity index (χ4v) is 3.72. The second-order valence-electron chi connectivity index (χ2n) is 5.33. The zero-order valence-electron chi connectivity index (χ0n) is 9.90. The van der Waals surface area contributed by atoms with Crippen LogP contribution in [0.3, 0.4) is 0 Å². The first-order valence-corrected chi connectivity index (χ1v) is 7.00. The molecule has 3 rings (SSSR count). The van der Waals surface area contributed by atoms with Crippen molar-refractivity contribution in [3.8, 4) is 5.75 Å². The van der Waals surface area contributed by atoms with E-state index < -0.39 is 0 Å². The van der Waals surface area contributed by atoms with Crippen LogP contribution >= 0.6 is 15.9 Å². The summed E-state index contributed by atoms with van der Waals surface area (Å²) in [7, 11) is 1.65. The van der Waals surface area contributed by atoms with Gasteiger partial charge in [-0.15, -0.1) is 0 Å². The highest BCUT2D eigenvalue weighted by atomic mass is 79.9. The number of ether oxygens (including phenoxy) is 1. The van der Waals surface area contributed by atoms with Gasteiger partial charge in [-0.1, -0.05) is 6.07 Å². The molecule has 2 nitrogen and oxygen atoms in total. The van der Waals surface area contributed by atoms with Gasteiger partial charge in [0.05, 0.1) is 17.7 Å². The van der Waals surface area contributed by atoms with Crippen LogP contribution in [-0.2, 0) is 0 Å². The molecule has 2 aliphatic rings. The minimum atomic E-state index is -0.315. The molecule has 2 fully saturated rings. The number of hydrogen-bond donors (Lipinski definition) is 1. The van der Waals surface area contributed by atoms with E-state index in [1.54, 1.807) is 7.11 Å². The summed E-state index contributed by atoms with van der Waals surface area (Å²) < 4.78 is 6.12. The molecule has 0 amide bonds. The van der Waals surface area contributed by atoms with Crippen LogP contribution < -0.4 is 4.74 Å². The molecule has 3 unspecified atom stereocenters. The molecule has 2 saturated carbocycles. The maximum Gasteiger partial charge on any atom is 0.133 e. The molecule has 2 aliphatic carbocycles. The Labute approximate surface area is 110 Å². The number of hydrogen-bond acceptors (Lipinski definition) is 2. The molecule has 3 heteroatoms. The van der Waals surface area contributed by atoms with Gasteiger partial charge in [0.1, 0.15) is 5.75 Å². The van der Waals surface area contributed by atoms with Crippen LogP contribution in [0.1, 0.15) is 30.9 Å². The highest BCUT2D eigenvalue weighted by Crippen LogP contribution is 2.57. The average Bonchev–Trinajstić information content (AvgIpc) is 2.95. The van der Waals surface area contributed by atoms with Gasteiger partial charge in [0.2, 0.25) is 0 Å². The lowest BCUT2D eigenvalue weighted by molar-refractivity contribution is 0.104. The number of methoxy groups -OCH3 is 1. The minimum absolute atomic E-state index is 0.315. The molecule has 0 bridgehead atoms. The Morgan fingerprint density at radius 3 is 2.59 bits per heavy atom. The van der Waals surface area contributed by atoms with E-state index in [1.807, 2.05) is 18.2 Å². The Morgan fingerprint density at radius 2 is 2.00 bits per heavy atom. The Bertz CT molecular complexity index is 422. The highest BCUT2D eigenvalue weighted by molar-refractivity contribution is 9.10. The number of rotatable bonds is 3. The Kier molecular flexibility index (Phi) is 2.91. The molecular weight excluding hydrogens is 280 g/mol. The third-order valence-electron chi connectivity index (χ3n) is 4.24. The molecule has 0 aromatic heterocycles. The van der Waals surface area contributed by atoms with Gasteiger partial charge in [-0.3, -0.25) is 0 Å². The Hall–Kier alpha value is -0.540. The second kappa shape index (κ2) is 4.29. The zero-order chi connectivity index (χ0) is 12.0. The van der Waals surface area contributed by atoms with Crippen molar-refractivity contribution in [2.24, 2.45) is 17.8 Å². The van der Waals surface area contributed by atoms with Crippen molar-refractivity contribution < 1.29 is 9.84 Å². The van der Waals surface area contributed by atoms with E-state index in [1.165, 1.54) is 19.3 Å². The largest absolute Gasteiger partial charge is 0.496 e. The molecule has 92 valence electrons. The van der Waals surface area contributed by atoms with Gasteiger partial charge in [0.25, 0.3) is 0 Å². The van der Waals surface area contributed by atoms with Gasteiger partial charge in [0, 0.05) is 0 Å². The summed E-state index contributed by atoms with van der Waals surface area (Å²) in [5.74, 6) is 3.10. The van der Waals surface area contributed by atoms with E-state index in [9.17, 15) is 5.11 Å². The topological polar surface area (TPSA) is 29.5 Å². The van der Waals surface area contributed by atoms with Gasteiger partial charge in [-0.05, 0) is 70.6 Å². The molecule has 1 aromatic rings. The van der Waals surface area contributed by atoms with Crippen LogP contribution in [0.5, 0.6) is 5.75 Å². The van der Waals surface area contributed by atoms with Crippen molar-refractivity contribution >= 4 is 15.9 Å². The van der Waals surface area contributed by atoms with E-state index in [0.717, 1.165) is 27.6 Å². The first-order chi connectivity index (χ1) is 8.19. The maximum atomic E-state index is 10.4. The number of fused-ring (bicyclic) bond motifs is 1. The SMILES string of the molecule is COc1ccc(C(O)C2CC3CC3C2)cc1Br. The standard InChI is InChI=1S/C14H17BrO2/c1-17-13-3-2-8(7-12(13)15)14(16)11-5-9-4-10(9)6-11/h2-3,7,9-11,14,16H,4-6H2,1H3. The van der Waals surface area contributed by atoms with Crippen molar-refractivity contribution in [2.75, 3.05) is 7.11 Å². The monoisotopic (exact) mass is 296 g/mol. The smallest absolute Gasteiger partial charge is 0.133 e. The van der Waals surface area contributed by atoms with Crippen molar-refractivity contribution in [1.82, 2.24) is 0 Å². The molecule has 0 heterocycles. The zero-order valence-corrected chi connectivity index (χ0v) is 11.5. The minimum Gasteiger partial charge on any atom is -0.496 e. The molecule has 17 heavy (non-hydrogen) atoms. The number of benzene rings is 1. The lowest BCUT2D eigenvalue weighted by Gasteiger charge is -2.20. The van der Waals surface area contributed by atoms with Gasteiger partial charge in [-0.25, -0.2) is 0 Å². The number of halogens is 1. The third kappa shape index (κ3) is 2.11. The fraction of sp³-hybridized carbons (Fsp3) is 0.571. The highest BCUT2D eigenvalue weighted by Gasteiger charge is 2.47. The maximum absolute atomic E-state index is 10.4. The van der Waals surface area contributed by atoms with Crippen molar-refractivity contribution in [1.29, 1.82) is 0 Å². The molecule has 0 saturated heterocycles. The van der Waals surface area contributed by atoms with E-state index in [2.05, 4.69) is 15.9 Å². The van der Waals surface area contributed by atoms with Gasteiger partial charge >= 0.3 is 0 Å². The first-order valence-electron chi connectivity index (χ1n) is 6.20. The predicted molar refractivity (Wildman–Crippen MR) is 70.0 cm³/mol. The quantitative estimate of drug-likeness (QED) is 0.924. The normalized spacial score (nSPS) is 32.1. The summed E-state index contributed by atoms with van der Waals surface area (Å²) in [5, 5.41) is 10.4. The Balaban J connectivity index is 1.76. The van der Waals surface area contributed by atoms with Crippen LogP contribution in [0.4, 0.5) is 0 Å².